The number of hydrogen-bond donors (Lipinski definition) is 3. The van der Waals surface area contributed by atoms with Crippen molar-refractivity contribution in [2.45, 2.75) is 426 Å². The second kappa shape index (κ2) is 73.1. The van der Waals surface area contributed by atoms with Crippen LogP contribution in [0.3, 0.4) is 0 Å². The molecule has 0 rings (SSSR count). The van der Waals surface area contributed by atoms with Gasteiger partial charge in [0.25, 0.3) is 0 Å². The molecule has 17 nitrogen and oxygen atoms in total. The molecule has 0 fully saturated rings. The van der Waals surface area contributed by atoms with Crippen LogP contribution in [0.25, 0.3) is 0 Å². The van der Waals surface area contributed by atoms with Crippen molar-refractivity contribution in [1.82, 2.24) is 0 Å². The number of aliphatic hydroxyl groups excluding tert-OH is 1. The highest BCUT2D eigenvalue weighted by atomic mass is 31.2. The minimum Gasteiger partial charge on any atom is -0.462 e. The molecule has 0 saturated carbocycles. The number of unbranched alkanes of at least 4 members (excludes halogenated alkanes) is 44. The van der Waals surface area contributed by atoms with Crippen LogP contribution in [0.5, 0.6) is 0 Å². The average molecular weight is 1480 g/mol. The Kier molecular flexibility index (Phi) is 71.3. The molecule has 19 heteroatoms. The zero-order valence-electron chi connectivity index (χ0n) is 65.7. The SMILES string of the molecule is CCCCCC/C=C\C=C/CCCCCCCC(=O)OC[C@H](COP(=O)(O)OC[C@@H](O)COP(=O)(O)OC[C@@H](COC(=O)CCCCCCCCCCC(C)CC)OC(=O)CCCCCCCCCCCCC(C)CC)OC(=O)CCCCCCCCCCCCCCCCCCCCCC. The Hall–Kier alpha value is -2.46. The van der Waals surface area contributed by atoms with Crippen LogP contribution in [0, 0.1) is 11.8 Å². The number of aliphatic hydroxyl groups is 1. The second-order valence-corrected chi connectivity index (χ2v) is 32.2. The van der Waals surface area contributed by atoms with Gasteiger partial charge >= 0.3 is 39.5 Å². The summed E-state index contributed by atoms with van der Waals surface area (Å²) >= 11 is 0. The van der Waals surface area contributed by atoms with Crippen LogP contribution in [0.2, 0.25) is 0 Å². The summed E-state index contributed by atoms with van der Waals surface area (Å²) < 4.78 is 68.7. The van der Waals surface area contributed by atoms with Gasteiger partial charge in [0.2, 0.25) is 0 Å². The van der Waals surface area contributed by atoms with Crippen LogP contribution in [0.15, 0.2) is 24.3 Å². The van der Waals surface area contributed by atoms with Crippen LogP contribution in [0.1, 0.15) is 408 Å². The molecule has 0 radical (unpaired) electrons. The Morgan fingerprint density at radius 2 is 0.554 bits per heavy atom. The molecule has 0 aromatic heterocycles. The van der Waals surface area contributed by atoms with Gasteiger partial charge < -0.3 is 33.8 Å². The molecule has 0 aliphatic heterocycles. The zero-order chi connectivity index (χ0) is 74.2. The van der Waals surface area contributed by atoms with Gasteiger partial charge in [0.15, 0.2) is 12.2 Å². The normalized spacial score (nSPS) is 14.6. The maximum Gasteiger partial charge on any atom is 0.472 e. The molecule has 101 heavy (non-hydrogen) atoms. The highest BCUT2D eigenvalue weighted by Gasteiger charge is 2.30. The molecule has 0 bridgehead atoms. The molecule has 0 aliphatic carbocycles. The summed E-state index contributed by atoms with van der Waals surface area (Å²) in [5, 5.41) is 10.6. The Labute approximate surface area is 618 Å². The molecule has 0 amide bonds. The first-order chi connectivity index (χ1) is 48.9. The van der Waals surface area contributed by atoms with E-state index in [2.05, 4.69) is 65.8 Å². The number of ether oxygens (including phenoxy) is 4. The monoisotopic (exact) mass is 1480 g/mol. The fourth-order valence-corrected chi connectivity index (χ4v) is 13.7. The molecular weight excluding hydrogens is 1320 g/mol. The maximum absolute atomic E-state index is 13.1. The van der Waals surface area contributed by atoms with Crippen molar-refractivity contribution >= 4 is 39.5 Å². The third-order valence-corrected chi connectivity index (χ3v) is 21.2. The van der Waals surface area contributed by atoms with Crippen LogP contribution in [-0.4, -0.2) is 96.7 Å². The summed E-state index contributed by atoms with van der Waals surface area (Å²) in [6, 6.07) is 0. The van der Waals surface area contributed by atoms with Gasteiger partial charge in [0.1, 0.15) is 19.3 Å². The Morgan fingerprint density at radius 3 is 0.842 bits per heavy atom. The molecule has 3 N–H and O–H groups in total. The van der Waals surface area contributed by atoms with Crippen molar-refractivity contribution in [3.05, 3.63) is 24.3 Å². The fraction of sp³-hybridized carbons (Fsp3) is 0.902. The quantitative estimate of drug-likeness (QED) is 0.0169. The molecule has 0 saturated heterocycles. The van der Waals surface area contributed by atoms with E-state index in [0.717, 1.165) is 121 Å². The van der Waals surface area contributed by atoms with E-state index in [1.54, 1.807) is 0 Å². The van der Waals surface area contributed by atoms with E-state index >= 15 is 0 Å². The second-order valence-electron chi connectivity index (χ2n) is 29.3. The smallest absolute Gasteiger partial charge is 0.462 e. The first-order valence-corrected chi connectivity index (χ1v) is 44.9. The molecule has 596 valence electrons. The fourth-order valence-electron chi connectivity index (χ4n) is 12.1. The number of hydrogen-bond acceptors (Lipinski definition) is 15. The first-order valence-electron chi connectivity index (χ1n) is 41.9. The van der Waals surface area contributed by atoms with Crippen molar-refractivity contribution in [3.63, 3.8) is 0 Å². The molecule has 4 unspecified atom stereocenters. The van der Waals surface area contributed by atoms with E-state index in [0.29, 0.717) is 25.7 Å². The number of phosphoric ester groups is 2. The molecule has 7 atom stereocenters. The molecular formula is C82H156O17P2. The molecule has 0 aliphatic rings. The predicted molar refractivity (Wildman–Crippen MR) is 414 cm³/mol. The van der Waals surface area contributed by atoms with Crippen LogP contribution >= 0.6 is 15.6 Å². The summed E-state index contributed by atoms with van der Waals surface area (Å²) in [7, 11) is -9.93. The van der Waals surface area contributed by atoms with Gasteiger partial charge in [-0.1, -0.05) is 355 Å². The van der Waals surface area contributed by atoms with Gasteiger partial charge in [-0.05, 0) is 63.2 Å². The standard InChI is InChI=1S/C82H156O17P2/c1-7-11-13-15-17-19-21-23-25-26-27-28-29-31-33-35-40-48-54-60-66-81(86)98-77(70-92-79(84)64-58-52-46-39-34-32-30-24-22-20-18-16-14-12-8-2)72-96-100(88,89)94-68-76(83)69-95-101(90,91)97-73-78(71-93-80(85)65-59-53-47-43-42-45-51-57-63-75(6)10-4)99-82(87)67-61-55-49-41-37-36-38-44-50-56-62-74(5)9-3/h20,22,24,30,74-78,83H,7-19,21,23,25-29,31-73H2,1-6H3,(H,88,89)(H,90,91)/b22-20-,30-24-/t74?,75?,76-,77-,78-/m1/s1. The van der Waals surface area contributed by atoms with Crippen LogP contribution in [0.4, 0.5) is 0 Å². The number of allylic oxidation sites excluding steroid dienone is 4. The molecule has 0 aromatic carbocycles. The summed E-state index contributed by atoms with van der Waals surface area (Å²) in [6.45, 7) is 9.60. The van der Waals surface area contributed by atoms with Gasteiger partial charge in [-0.3, -0.25) is 37.3 Å². The van der Waals surface area contributed by atoms with Gasteiger partial charge in [-0.15, -0.1) is 0 Å². The lowest BCUT2D eigenvalue weighted by Gasteiger charge is -2.21. The Balaban J connectivity index is 5.29. The van der Waals surface area contributed by atoms with E-state index in [1.807, 2.05) is 0 Å². The van der Waals surface area contributed by atoms with E-state index in [1.165, 1.54) is 205 Å². The van der Waals surface area contributed by atoms with E-state index in [-0.39, 0.29) is 25.7 Å². The number of carbonyl (C=O) groups excluding carboxylic acids is 4. The van der Waals surface area contributed by atoms with E-state index < -0.39 is 97.5 Å². The average Bonchev–Trinajstić information content (AvgIpc) is 0.949. The van der Waals surface area contributed by atoms with Gasteiger partial charge in [-0.2, -0.15) is 0 Å². The third kappa shape index (κ3) is 72.9. The Morgan fingerprint density at radius 1 is 0.317 bits per heavy atom. The van der Waals surface area contributed by atoms with E-state index in [9.17, 15) is 43.2 Å². The van der Waals surface area contributed by atoms with Crippen molar-refractivity contribution in [3.8, 4) is 0 Å². The molecule has 0 spiro atoms. The maximum atomic E-state index is 13.1. The number of esters is 4. The lowest BCUT2D eigenvalue weighted by molar-refractivity contribution is -0.161. The first kappa shape index (κ1) is 98.5. The molecule has 0 heterocycles. The van der Waals surface area contributed by atoms with Crippen LogP contribution < -0.4 is 0 Å². The van der Waals surface area contributed by atoms with Crippen LogP contribution in [-0.2, 0) is 65.4 Å². The van der Waals surface area contributed by atoms with Gasteiger partial charge in [0.05, 0.1) is 26.4 Å². The van der Waals surface area contributed by atoms with Crippen molar-refractivity contribution in [2.24, 2.45) is 11.8 Å². The summed E-state index contributed by atoms with van der Waals surface area (Å²) in [4.78, 5) is 73.1. The lowest BCUT2D eigenvalue weighted by atomic mass is 9.99. The highest BCUT2D eigenvalue weighted by molar-refractivity contribution is 7.47. The number of phosphoric acid groups is 2. The number of rotatable bonds is 79. The topological polar surface area (TPSA) is 237 Å². The molecule has 0 aromatic rings. The largest absolute Gasteiger partial charge is 0.472 e. The Bertz CT molecular complexity index is 2040. The minimum atomic E-state index is -4.97. The summed E-state index contributed by atoms with van der Waals surface area (Å²) in [5.74, 6) is -0.562. The lowest BCUT2D eigenvalue weighted by Crippen LogP contribution is -2.30. The summed E-state index contributed by atoms with van der Waals surface area (Å²) in [5.41, 5.74) is 0. The van der Waals surface area contributed by atoms with Gasteiger partial charge in [-0.25, -0.2) is 9.13 Å². The minimum absolute atomic E-state index is 0.102. The third-order valence-electron chi connectivity index (χ3n) is 19.3. The zero-order valence-corrected chi connectivity index (χ0v) is 67.5. The predicted octanol–water partition coefficient (Wildman–Crippen LogP) is 24.2. The highest BCUT2D eigenvalue weighted by Crippen LogP contribution is 2.45. The summed E-state index contributed by atoms with van der Waals surface area (Å²) in [6.07, 6.45) is 65.9. The number of carbonyl (C=O) groups is 4. The van der Waals surface area contributed by atoms with Crippen molar-refractivity contribution in [1.29, 1.82) is 0 Å². The van der Waals surface area contributed by atoms with Crippen molar-refractivity contribution in [2.75, 3.05) is 39.6 Å². The van der Waals surface area contributed by atoms with Crippen molar-refractivity contribution < 1.29 is 80.2 Å². The van der Waals surface area contributed by atoms with E-state index in [4.69, 9.17) is 37.0 Å². The van der Waals surface area contributed by atoms with Gasteiger partial charge in [0, 0.05) is 25.7 Å².